The Kier molecular flexibility index (Phi) is 11.5. The van der Waals surface area contributed by atoms with Crippen molar-refractivity contribution < 1.29 is 9.11 Å². The molecule has 0 amide bonds. The first kappa shape index (κ1) is 15.2. The molecule has 0 saturated heterocycles. The smallest absolute Gasteiger partial charge is 0.269 e. The lowest BCUT2D eigenvalue weighted by Crippen LogP contribution is -1.71. The fourth-order valence-electron chi connectivity index (χ4n) is 0.520. The van der Waals surface area contributed by atoms with Crippen LogP contribution < -0.4 is 0 Å². The molecule has 1 rings (SSSR count). The Balaban J connectivity index is -0.000000216. The lowest BCUT2D eigenvalue weighted by atomic mass is 10.2. The van der Waals surface area contributed by atoms with Crippen molar-refractivity contribution in [3.8, 4) is 0 Å². The van der Waals surface area contributed by atoms with Crippen LogP contribution in [0, 0.1) is 5.82 Å². The standard InChI is InChI=1S/C6H3Cl2F.CH3B.CH4.FH/c7-4-1-5(8)3-6(9)2-4;1-2;;/h1-3H;1H3;1H4;1H/i/hD. The van der Waals surface area contributed by atoms with Gasteiger partial charge in [-0.3, -0.25) is 4.72 Å². The number of hydrogen-bond donors (Lipinski definition) is 0. The van der Waals surface area contributed by atoms with Gasteiger partial charge in [-0.15, -0.1) is 0 Å². The van der Waals surface area contributed by atoms with Gasteiger partial charge in [0.05, 0.1) is 7.85 Å². The summed E-state index contributed by atoms with van der Waals surface area (Å²) >= 11 is 10.9. The molecule has 0 heterocycles. The summed E-state index contributed by atoms with van der Waals surface area (Å²) in [6, 6.07) is 3.88. The number of hydrogen-bond acceptors (Lipinski definition) is 0. The molecule has 0 aliphatic carbocycles. The van der Waals surface area contributed by atoms with Gasteiger partial charge in [-0.05, 0) is 18.2 Å². The van der Waals surface area contributed by atoms with Crippen LogP contribution in [0.15, 0.2) is 18.2 Å². The zero-order valence-electron chi connectivity index (χ0n) is 7.32. The van der Waals surface area contributed by atoms with E-state index >= 15 is 0 Å². The number of halogens is 4. The van der Waals surface area contributed by atoms with E-state index in [2.05, 4.69) is 9.30 Å². The van der Waals surface area contributed by atoms with Crippen LogP contribution in [0.4, 0.5) is 9.11 Å². The first-order valence-electron chi connectivity index (χ1n) is 3.25. The maximum atomic E-state index is 12.3. The molecule has 0 nitrogen and oxygen atoms in total. The molecule has 0 atom stereocenters. The van der Waals surface area contributed by atoms with Crippen molar-refractivity contribution in [3.05, 3.63) is 34.1 Å². The first-order valence-corrected chi connectivity index (χ1v) is 3.63. The molecule has 1 aromatic carbocycles. The molecule has 0 aliphatic rings. The van der Waals surface area contributed by atoms with E-state index < -0.39 is 5.82 Å². The Hall–Kier alpha value is -0.275. The van der Waals surface area contributed by atoms with E-state index in [1.165, 1.54) is 25.0 Å². The average Bonchev–Trinajstić information content (AvgIpc) is 2.09. The highest BCUT2D eigenvalue weighted by Gasteiger charge is 1.94. The zero-order chi connectivity index (χ0) is 10.9. The molecule has 74 valence electrons. The highest BCUT2D eigenvalue weighted by atomic mass is 35.5. The molecule has 0 aromatic heterocycles. The van der Waals surface area contributed by atoms with Crippen molar-refractivity contribution in [1.82, 2.24) is 0 Å². The van der Waals surface area contributed by atoms with Crippen LogP contribution >= 0.6 is 23.2 Å². The van der Waals surface area contributed by atoms with Crippen LogP contribution in [-0.2, 0) is 0 Å². The second kappa shape index (κ2) is 9.81. The summed E-state index contributed by atoms with van der Waals surface area (Å²) in [5.74, 6) is -0.410. The predicted molar refractivity (Wildman–Crippen MR) is 57.3 cm³/mol. The van der Waals surface area contributed by atoms with E-state index in [0.29, 0.717) is 10.0 Å². The molecule has 0 fully saturated rings. The molecule has 13 heavy (non-hydrogen) atoms. The van der Waals surface area contributed by atoms with Gasteiger partial charge in [0.15, 0.2) is 0 Å². The summed E-state index contributed by atoms with van der Waals surface area (Å²) in [5, 5.41) is 0.639. The predicted octanol–water partition coefficient (Wildman–Crippen LogP) is 4.12. The summed E-state index contributed by atoms with van der Waals surface area (Å²) in [5.41, 5.74) is 0. The van der Waals surface area contributed by atoms with Gasteiger partial charge in [-0.25, -0.2) is 4.39 Å². The van der Waals surface area contributed by atoms with E-state index in [1.54, 1.807) is 0 Å². The lowest BCUT2D eigenvalue weighted by molar-refractivity contribution is 0.628. The summed E-state index contributed by atoms with van der Waals surface area (Å²) in [4.78, 5) is 0. The van der Waals surface area contributed by atoms with Crippen LogP contribution in [-0.4, -0.2) is 9.30 Å². The summed E-state index contributed by atoms with van der Waals surface area (Å²) in [6.07, 6.45) is 0. The maximum Gasteiger partial charge on any atom is 0.269 e. The number of rotatable bonds is 0. The minimum atomic E-state index is -0.410. The molecule has 1 aromatic rings. The number of benzene rings is 1. The van der Waals surface area contributed by atoms with E-state index in [-0.39, 0.29) is 7.43 Å². The molecular formula is C8H11BCl2F2. The Bertz CT molecular complexity index is 186. The third kappa shape index (κ3) is 8.07. The van der Waals surface area contributed by atoms with Crippen LogP contribution in [0.1, 0.15) is 7.43 Å². The maximum absolute atomic E-state index is 12.3. The Morgan fingerprint density at radius 3 is 1.77 bits per heavy atom. The van der Waals surface area contributed by atoms with Crippen molar-refractivity contribution in [2.24, 2.45) is 0 Å². The zero-order valence-corrected chi connectivity index (χ0v) is 7.83. The fourth-order valence-corrected chi connectivity index (χ4v) is 1.02. The summed E-state index contributed by atoms with van der Waals surface area (Å²) < 4.78 is 25.3. The van der Waals surface area contributed by atoms with Crippen LogP contribution in [0.3, 0.4) is 0 Å². The molecular weight excluding hydrogens is 216 g/mol. The van der Waals surface area contributed by atoms with Gasteiger partial charge in [0.2, 0.25) is 0 Å². The first-order chi connectivity index (χ1) is 6.18. The minimum absolute atomic E-state index is 0. The van der Waals surface area contributed by atoms with E-state index in [4.69, 9.17) is 27.9 Å². The van der Waals surface area contributed by atoms with Gasteiger partial charge in [0.25, 0.3) is 1.45 Å². The van der Waals surface area contributed by atoms with E-state index in [1.807, 2.05) is 0 Å². The SMILES string of the molecule is C.Fc1cc(Cl)cc(Cl)c1.[2H]F.[B]C. The Labute approximate surface area is 90.3 Å². The topological polar surface area (TPSA) is 0 Å². The van der Waals surface area contributed by atoms with Crippen LogP contribution in [0.2, 0.25) is 16.9 Å². The van der Waals surface area contributed by atoms with Gasteiger partial charge in [0, 0.05) is 10.0 Å². The molecule has 5 heteroatoms. The van der Waals surface area contributed by atoms with Crippen molar-refractivity contribution in [2.75, 3.05) is 0 Å². The second-order valence-electron chi connectivity index (χ2n) is 1.59. The van der Waals surface area contributed by atoms with Crippen molar-refractivity contribution in [1.29, 1.82) is 1.45 Å². The molecule has 2 radical (unpaired) electrons. The molecule has 0 unspecified atom stereocenters. The van der Waals surface area contributed by atoms with Crippen LogP contribution in [0.25, 0.3) is 0 Å². The molecule has 0 bridgehead atoms. The molecule has 0 aliphatic heterocycles. The van der Waals surface area contributed by atoms with E-state index in [0.717, 1.165) is 0 Å². The molecule has 0 saturated carbocycles. The quantitative estimate of drug-likeness (QED) is 0.585. The normalized spacial score (nSPS) is 7.62. The van der Waals surface area contributed by atoms with Gasteiger partial charge < -0.3 is 0 Å². The fraction of sp³-hybridized carbons (Fsp3) is 0.250. The highest BCUT2D eigenvalue weighted by Crippen LogP contribution is 2.17. The monoisotopic (exact) mass is 227 g/mol. The minimum Gasteiger partial charge on any atom is -0.269 e. The Morgan fingerprint density at radius 2 is 1.54 bits per heavy atom. The third-order valence-corrected chi connectivity index (χ3v) is 1.26. The van der Waals surface area contributed by atoms with E-state index in [9.17, 15) is 4.39 Å². The second-order valence-corrected chi connectivity index (χ2v) is 2.46. The van der Waals surface area contributed by atoms with Crippen molar-refractivity contribution >= 4 is 31.0 Å². The highest BCUT2D eigenvalue weighted by molar-refractivity contribution is 6.34. The average molecular weight is 228 g/mol. The summed E-state index contributed by atoms with van der Waals surface area (Å²) in [6.45, 7) is 1.50. The molecule has 0 N–H and O–H groups in total. The summed E-state index contributed by atoms with van der Waals surface area (Å²) in [7, 11) is 4.50. The van der Waals surface area contributed by atoms with Crippen LogP contribution in [0.5, 0.6) is 0 Å². The molecule has 0 spiro atoms. The van der Waals surface area contributed by atoms with Gasteiger partial charge in [0.1, 0.15) is 5.82 Å². The third-order valence-electron chi connectivity index (χ3n) is 0.827. The van der Waals surface area contributed by atoms with Crippen molar-refractivity contribution in [2.45, 2.75) is 14.2 Å². The lowest BCUT2D eigenvalue weighted by Gasteiger charge is -1.90. The van der Waals surface area contributed by atoms with Gasteiger partial charge >= 0.3 is 0 Å². The van der Waals surface area contributed by atoms with Gasteiger partial charge in [-0.2, -0.15) is 0 Å². The largest absolute Gasteiger partial charge is 0.269 e. The van der Waals surface area contributed by atoms with Crippen molar-refractivity contribution in [3.63, 3.8) is 0 Å². The van der Waals surface area contributed by atoms with Gasteiger partial charge in [-0.1, -0.05) is 37.5 Å². The Morgan fingerprint density at radius 1 is 1.23 bits per heavy atom.